The van der Waals surface area contributed by atoms with Gasteiger partial charge in [-0.15, -0.1) is 11.8 Å². The number of rotatable bonds is 8. The summed E-state index contributed by atoms with van der Waals surface area (Å²) >= 11 is 7.28. The molecular formula is C19H18ClNO4S. The van der Waals surface area contributed by atoms with Crippen LogP contribution in [-0.4, -0.2) is 29.2 Å². The SMILES string of the molecule is Cc1cc(SCC(N)=CC(=O)c2ccc(Cl)cc2)ccc1OCC(=O)O. The summed E-state index contributed by atoms with van der Waals surface area (Å²) in [5, 5.41) is 9.22. The number of benzene rings is 2. The molecular weight excluding hydrogens is 374 g/mol. The van der Waals surface area contributed by atoms with Gasteiger partial charge in [-0.3, -0.25) is 4.79 Å². The molecule has 0 aliphatic heterocycles. The van der Waals surface area contributed by atoms with Crippen LogP contribution in [0.5, 0.6) is 5.75 Å². The fourth-order valence-electron chi connectivity index (χ4n) is 2.09. The lowest BCUT2D eigenvalue weighted by atomic mass is 10.1. The Morgan fingerprint density at radius 2 is 1.92 bits per heavy atom. The zero-order valence-electron chi connectivity index (χ0n) is 14.1. The second-order valence-electron chi connectivity index (χ2n) is 5.49. The van der Waals surface area contributed by atoms with E-state index < -0.39 is 5.97 Å². The molecule has 0 bridgehead atoms. The first-order valence-electron chi connectivity index (χ1n) is 7.69. The summed E-state index contributed by atoms with van der Waals surface area (Å²) in [6, 6.07) is 12.1. The number of aliphatic carboxylic acids is 1. The van der Waals surface area contributed by atoms with Crippen molar-refractivity contribution in [2.24, 2.45) is 5.73 Å². The Morgan fingerprint density at radius 1 is 1.23 bits per heavy atom. The Morgan fingerprint density at radius 3 is 2.54 bits per heavy atom. The highest BCUT2D eigenvalue weighted by Crippen LogP contribution is 2.26. The van der Waals surface area contributed by atoms with Crippen LogP contribution >= 0.6 is 23.4 Å². The number of ketones is 1. The van der Waals surface area contributed by atoms with Crippen LogP contribution in [0.25, 0.3) is 0 Å². The maximum atomic E-state index is 12.1. The van der Waals surface area contributed by atoms with Crippen LogP contribution in [0.2, 0.25) is 5.02 Å². The van der Waals surface area contributed by atoms with Crippen LogP contribution in [0.1, 0.15) is 15.9 Å². The number of nitrogens with two attached hydrogens (primary N) is 1. The Bertz CT molecular complexity index is 834. The number of halogens is 1. The van der Waals surface area contributed by atoms with Crippen molar-refractivity contribution in [3.05, 3.63) is 70.4 Å². The highest BCUT2D eigenvalue weighted by atomic mass is 35.5. The van der Waals surface area contributed by atoms with Crippen LogP contribution in [-0.2, 0) is 4.79 Å². The third-order valence-corrected chi connectivity index (χ3v) is 4.67. The van der Waals surface area contributed by atoms with Gasteiger partial charge in [0.1, 0.15) is 5.75 Å². The standard InChI is InChI=1S/C19H18ClNO4S/c1-12-8-16(6-7-18(12)25-10-19(23)24)26-11-15(21)9-17(22)13-2-4-14(20)5-3-13/h2-9H,10-11,21H2,1H3,(H,23,24). The summed E-state index contributed by atoms with van der Waals surface area (Å²) < 4.78 is 5.19. The number of carbonyl (C=O) groups is 2. The van der Waals surface area contributed by atoms with Crippen molar-refractivity contribution < 1.29 is 19.4 Å². The fraction of sp³-hybridized carbons (Fsp3) is 0.158. The zero-order valence-corrected chi connectivity index (χ0v) is 15.6. The monoisotopic (exact) mass is 391 g/mol. The molecule has 2 rings (SSSR count). The first kappa shape index (κ1) is 19.9. The van der Waals surface area contributed by atoms with Crippen molar-refractivity contribution in [3.63, 3.8) is 0 Å². The van der Waals surface area contributed by atoms with Gasteiger partial charge in [-0.25, -0.2) is 4.79 Å². The van der Waals surface area contributed by atoms with Crippen LogP contribution in [0.15, 0.2) is 59.1 Å². The molecule has 0 spiro atoms. The van der Waals surface area contributed by atoms with E-state index in [4.69, 9.17) is 27.2 Å². The molecule has 5 nitrogen and oxygen atoms in total. The van der Waals surface area contributed by atoms with E-state index >= 15 is 0 Å². The third kappa shape index (κ3) is 6.13. The number of aryl methyl sites for hydroxylation is 1. The molecule has 0 saturated heterocycles. The Kier molecular flexibility index (Phi) is 7.12. The molecule has 0 aliphatic rings. The molecule has 0 heterocycles. The summed E-state index contributed by atoms with van der Waals surface area (Å²) in [6.45, 7) is 1.46. The molecule has 0 saturated carbocycles. The lowest BCUT2D eigenvalue weighted by Gasteiger charge is -2.09. The van der Waals surface area contributed by atoms with Gasteiger partial charge in [0.25, 0.3) is 0 Å². The molecule has 0 unspecified atom stereocenters. The number of carboxylic acids is 1. The minimum absolute atomic E-state index is 0.173. The van der Waals surface area contributed by atoms with Gasteiger partial charge in [-0.05, 0) is 55.0 Å². The molecule has 0 aliphatic carbocycles. The van der Waals surface area contributed by atoms with Gasteiger partial charge >= 0.3 is 5.97 Å². The van der Waals surface area contributed by atoms with Crippen molar-refractivity contribution in [1.29, 1.82) is 0 Å². The van der Waals surface area contributed by atoms with Crippen LogP contribution < -0.4 is 10.5 Å². The molecule has 0 radical (unpaired) electrons. The van der Waals surface area contributed by atoms with E-state index in [0.29, 0.717) is 27.8 Å². The zero-order chi connectivity index (χ0) is 19.1. The molecule has 136 valence electrons. The van der Waals surface area contributed by atoms with E-state index in [1.165, 1.54) is 17.8 Å². The van der Waals surface area contributed by atoms with Crippen molar-refractivity contribution >= 4 is 35.1 Å². The maximum absolute atomic E-state index is 12.1. The molecule has 3 N–H and O–H groups in total. The van der Waals surface area contributed by atoms with E-state index in [-0.39, 0.29) is 12.4 Å². The largest absolute Gasteiger partial charge is 0.482 e. The van der Waals surface area contributed by atoms with Crippen molar-refractivity contribution in [2.75, 3.05) is 12.4 Å². The highest BCUT2D eigenvalue weighted by Gasteiger charge is 2.07. The molecule has 0 aromatic heterocycles. The highest BCUT2D eigenvalue weighted by molar-refractivity contribution is 7.99. The van der Waals surface area contributed by atoms with E-state index in [2.05, 4.69) is 0 Å². The van der Waals surface area contributed by atoms with Gasteiger partial charge in [0, 0.05) is 33.0 Å². The Balaban J connectivity index is 1.94. The predicted molar refractivity (Wildman–Crippen MR) is 103 cm³/mol. The summed E-state index contributed by atoms with van der Waals surface area (Å²) in [5.74, 6) is -0.216. The molecule has 0 atom stereocenters. The second-order valence-corrected chi connectivity index (χ2v) is 6.97. The maximum Gasteiger partial charge on any atom is 0.341 e. The summed E-state index contributed by atoms with van der Waals surface area (Å²) in [7, 11) is 0. The van der Waals surface area contributed by atoms with Gasteiger partial charge in [-0.1, -0.05) is 11.6 Å². The molecule has 2 aromatic rings. The van der Waals surface area contributed by atoms with Crippen LogP contribution in [0.4, 0.5) is 0 Å². The van der Waals surface area contributed by atoms with E-state index in [1.54, 1.807) is 30.3 Å². The van der Waals surface area contributed by atoms with Crippen LogP contribution in [0.3, 0.4) is 0 Å². The average Bonchev–Trinajstić information content (AvgIpc) is 2.59. The van der Waals surface area contributed by atoms with Gasteiger partial charge in [0.2, 0.25) is 0 Å². The minimum atomic E-state index is -1.02. The summed E-state index contributed by atoms with van der Waals surface area (Å²) in [5.41, 5.74) is 7.76. The number of ether oxygens (including phenoxy) is 1. The Hall–Kier alpha value is -2.44. The van der Waals surface area contributed by atoms with E-state index in [0.717, 1.165) is 10.5 Å². The molecule has 0 fully saturated rings. The number of hydrogen-bond acceptors (Lipinski definition) is 5. The summed E-state index contributed by atoms with van der Waals surface area (Å²) in [6.07, 6.45) is 1.41. The van der Waals surface area contributed by atoms with Crippen molar-refractivity contribution in [3.8, 4) is 5.75 Å². The number of carboxylic acid groups (broad SMARTS) is 1. The first-order chi connectivity index (χ1) is 12.3. The van der Waals surface area contributed by atoms with E-state index in [1.807, 2.05) is 19.1 Å². The molecule has 2 aromatic carbocycles. The number of carbonyl (C=O) groups excluding carboxylic acids is 1. The van der Waals surface area contributed by atoms with E-state index in [9.17, 15) is 9.59 Å². The Labute approximate surface area is 160 Å². The van der Waals surface area contributed by atoms with Crippen molar-refractivity contribution in [1.82, 2.24) is 0 Å². The number of allylic oxidation sites excluding steroid dienone is 1. The lowest BCUT2D eigenvalue weighted by molar-refractivity contribution is -0.139. The topological polar surface area (TPSA) is 89.6 Å². The molecule has 0 amide bonds. The van der Waals surface area contributed by atoms with Gasteiger partial charge < -0.3 is 15.6 Å². The smallest absolute Gasteiger partial charge is 0.341 e. The summed E-state index contributed by atoms with van der Waals surface area (Å²) in [4.78, 5) is 23.6. The van der Waals surface area contributed by atoms with Gasteiger partial charge in [0.05, 0.1) is 0 Å². The second kappa shape index (κ2) is 9.31. The van der Waals surface area contributed by atoms with Gasteiger partial charge in [0.15, 0.2) is 12.4 Å². The molecule has 7 heteroatoms. The first-order valence-corrected chi connectivity index (χ1v) is 9.05. The molecule has 26 heavy (non-hydrogen) atoms. The number of hydrogen-bond donors (Lipinski definition) is 2. The quantitative estimate of drug-likeness (QED) is 0.402. The number of thioether (sulfide) groups is 1. The van der Waals surface area contributed by atoms with Gasteiger partial charge in [-0.2, -0.15) is 0 Å². The minimum Gasteiger partial charge on any atom is -0.482 e. The third-order valence-electron chi connectivity index (χ3n) is 3.35. The normalized spacial score (nSPS) is 11.2. The van der Waals surface area contributed by atoms with Crippen molar-refractivity contribution in [2.45, 2.75) is 11.8 Å². The lowest BCUT2D eigenvalue weighted by Crippen LogP contribution is -2.10. The average molecular weight is 392 g/mol. The predicted octanol–water partition coefficient (Wildman–Crippen LogP) is 3.93. The fourth-order valence-corrected chi connectivity index (χ4v) is 3.05. The van der Waals surface area contributed by atoms with Crippen LogP contribution in [0, 0.1) is 6.92 Å².